The number of allylic oxidation sites excluding steroid dienone is 1. The molecule has 5 heteroatoms. The summed E-state index contributed by atoms with van der Waals surface area (Å²) in [5, 5.41) is 8.73. The van der Waals surface area contributed by atoms with Gasteiger partial charge in [0.15, 0.2) is 17.4 Å². The topological polar surface area (TPSA) is 46.5 Å². The molecule has 0 bridgehead atoms. The van der Waals surface area contributed by atoms with Crippen molar-refractivity contribution in [1.82, 2.24) is 0 Å². The Kier molecular flexibility index (Phi) is 4.34. The number of carboxylic acids is 1. The van der Waals surface area contributed by atoms with Crippen molar-refractivity contribution >= 4 is 11.5 Å². The molecule has 0 amide bonds. The van der Waals surface area contributed by atoms with E-state index in [9.17, 15) is 13.6 Å². The number of hydrogen-bond donors (Lipinski definition) is 1. The highest BCUT2D eigenvalue weighted by Gasteiger charge is 2.26. The van der Waals surface area contributed by atoms with Gasteiger partial charge >= 0.3 is 5.97 Å². The first-order valence-corrected chi connectivity index (χ1v) is 7.61. The fraction of sp³-hybridized carbons (Fsp3) is 0.211. The lowest BCUT2D eigenvalue weighted by Crippen LogP contribution is -2.07. The van der Waals surface area contributed by atoms with Gasteiger partial charge in [0, 0.05) is 6.08 Å². The van der Waals surface area contributed by atoms with E-state index in [1.54, 1.807) is 0 Å². The van der Waals surface area contributed by atoms with E-state index >= 15 is 0 Å². The maximum atomic E-state index is 14.3. The maximum absolute atomic E-state index is 14.3. The highest BCUT2D eigenvalue weighted by Crippen LogP contribution is 2.37. The Balaban J connectivity index is 1.89. The highest BCUT2D eigenvalue weighted by molar-refractivity contribution is 5.89. The van der Waals surface area contributed by atoms with Crippen LogP contribution in [-0.4, -0.2) is 11.1 Å². The fourth-order valence-corrected chi connectivity index (χ4v) is 2.95. The molecule has 2 aromatic carbocycles. The second-order valence-electron chi connectivity index (χ2n) is 5.78. The normalized spacial score (nSPS) is 16.8. The predicted octanol–water partition coefficient (Wildman–Crippen LogP) is 4.52. The van der Waals surface area contributed by atoms with E-state index in [0.29, 0.717) is 6.42 Å². The van der Waals surface area contributed by atoms with Crippen LogP contribution < -0.4 is 4.74 Å². The lowest BCUT2D eigenvalue weighted by molar-refractivity contribution is -0.131. The van der Waals surface area contributed by atoms with Crippen molar-refractivity contribution in [2.75, 3.05) is 0 Å². The Labute approximate surface area is 138 Å². The van der Waals surface area contributed by atoms with Gasteiger partial charge < -0.3 is 9.84 Å². The molecule has 3 rings (SSSR count). The number of carboxylic acid groups (broad SMARTS) is 1. The predicted molar refractivity (Wildman–Crippen MR) is 85.8 cm³/mol. The van der Waals surface area contributed by atoms with Gasteiger partial charge in [0.1, 0.15) is 6.10 Å². The van der Waals surface area contributed by atoms with E-state index in [2.05, 4.69) is 0 Å². The Morgan fingerprint density at radius 2 is 1.92 bits per heavy atom. The molecular formula is C19H16F2O3. The van der Waals surface area contributed by atoms with Crippen LogP contribution in [0.15, 0.2) is 42.5 Å². The van der Waals surface area contributed by atoms with Gasteiger partial charge in [-0.1, -0.05) is 24.3 Å². The van der Waals surface area contributed by atoms with Crippen molar-refractivity contribution in [1.29, 1.82) is 0 Å². The maximum Gasteiger partial charge on any atom is 0.328 e. The zero-order valence-electron chi connectivity index (χ0n) is 13.1. The van der Waals surface area contributed by atoms with Crippen LogP contribution in [0.4, 0.5) is 8.78 Å². The molecule has 0 spiro atoms. The van der Waals surface area contributed by atoms with Gasteiger partial charge in [0.25, 0.3) is 0 Å². The number of benzene rings is 2. The van der Waals surface area contributed by atoms with E-state index in [-0.39, 0.29) is 17.2 Å². The SMILES string of the molecule is C/C(=C\C(=O)O)c1cc(F)c(OC2CCc3ccccc32)c(F)c1. The molecule has 0 radical (unpaired) electrons. The summed E-state index contributed by atoms with van der Waals surface area (Å²) < 4.78 is 34.2. The molecule has 0 aromatic heterocycles. The van der Waals surface area contributed by atoms with Gasteiger partial charge in [0.2, 0.25) is 0 Å². The van der Waals surface area contributed by atoms with Gasteiger partial charge in [-0.15, -0.1) is 0 Å². The third kappa shape index (κ3) is 3.15. The zero-order valence-corrected chi connectivity index (χ0v) is 13.1. The molecule has 1 N–H and O–H groups in total. The number of halogens is 2. The van der Waals surface area contributed by atoms with Gasteiger partial charge in [-0.05, 0) is 54.2 Å². The smallest absolute Gasteiger partial charge is 0.328 e. The number of carbonyl (C=O) groups is 1. The molecule has 1 aliphatic carbocycles. The van der Waals surface area contributed by atoms with E-state index in [1.807, 2.05) is 24.3 Å². The van der Waals surface area contributed by atoms with E-state index in [1.165, 1.54) is 6.92 Å². The first-order valence-electron chi connectivity index (χ1n) is 7.61. The number of hydrogen-bond acceptors (Lipinski definition) is 2. The largest absolute Gasteiger partial charge is 0.480 e. The molecule has 3 nitrogen and oxygen atoms in total. The Morgan fingerprint density at radius 3 is 2.58 bits per heavy atom. The standard InChI is InChI=1S/C19H16F2O3/c1-11(8-18(22)23)13-9-15(20)19(16(21)10-13)24-17-7-6-12-4-2-3-5-14(12)17/h2-5,8-10,17H,6-7H2,1H3,(H,22,23)/b11-8+. The van der Waals surface area contributed by atoms with Gasteiger partial charge in [-0.3, -0.25) is 0 Å². The molecule has 0 heterocycles. The zero-order chi connectivity index (χ0) is 17.3. The molecule has 0 saturated heterocycles. The Hall–Kier alpha value is -2.69. The second-order valence-corrected chi connectivity index (χ2v) is 5.78. The van der Waals surface area contributed by atoms with E-state index in [4.69, 9.17) is 9.84 Å². The van der Waals surface area contributed by atoms with E-state index in [0.717, 1.165) is 35.8 Å². The van der Waals surface area contributed by atoms with Crippen molar-refractivity contribution < 1.29 is 23.4 Å². The minimum absolute atomic E-state index is 0.173. The molecule has 24 heavy (non-hydrogen) atoms. The minimum Gasteiger partial charge on any atom is -0.480 e. The fourth-order valence-electron chi connectivity index (χ4n) is 2.95. The first-order chi connectivity index (χ1) is 11.5. The van der Waals surface area contributed by atoms with Crippen LogP contribution in [-0.2, 0) is 11.2 Å². The monoisotopic (exact) mass is 330 g/mol. The summed E-state index contributed by atoms with van der Waals surface area (Å²) in [4.78, 5) is 10.7. The number of aryl methyl sites for hydroxylation is 1. The molecule has 1 atom stereocenters. The summed E-state index contributed by atoms with van der Waals surface area (Å²) in [5.74, 6) is -3.28. The number of ether oxygens (including phenoxy) is 1. The van der Waals surface area contributed by atoms with E-state index < -0.39 is 23.4 Å². The average molecular weight is 330 g/mol. The number of rotatable bonds is 4. The molecule has 1 unspecified atom stereocenters. The van der Waals surface area contributed by atoms with Crippen molar-refractivity contribution in [2.24, 2.45) is 0 Å². The van der Waals surface area contributed by atoms with Crippen LogP contribution in [0.25, 0.3) is 5.57 Å². The first kappa shape index (κ1) is 16.2. The molecule has 2 aromatic rings. The third-order valence-electron chi connectivity index (χ3n) is 4.13. The summed E-state index contributed by atoms with van der Waals surface area (Å²) >= 11 is 0. The summed E-state index contributed by atoms with van der Waals surface area (Å²) in [6.45, 7) is 1.48. The van der Waals surface area contributed by atoms with Crippen LogP contribution >= 0.6 is 0 Å². The van der Waals surface area contributed by atoms with Crippen molar-refractivity contribution in [3.8, 4) is 5.75 Å². The summed E-state index contributed by atoms with van der Waals surface area (Å²) in [6.07, 6.45) is 1.99. The molecule has 0 saturated carbocycles. The second kappa shape index (κ2) is 6.43. The lowest BCUT2D eigenvalue weighted by Gasteiger charge is -2.17. The van der Waals surface area contributed by atoms with Crippen LogP contribution in [0, 0.1) is 11.6 Å². The molecule has 0 aliphatic heterocycles. The summed E-state index contributed by atoms with van der Waals surface area (Å²) in [5.41, 5.74) is 2.51. The van der Waals surface area contributed by atoms with Gasteiger partial charge in [0.05, 0.1) is 0 Å². The Bertz CT molecular complexity index is 804. The van der Waals surface area contributed by atoms with Gasteiger partial charge in [-0.2, -0.15) is 0 Å². The van der Waals surface area contributed by atoms with Gasteiger partial charge in [-0.25, -0.2) is 13.6 Å². The number of fused-ring (bicyclic) bond motifs is 1. The lowest BCUT2D eigenvalue weighted by atomic mass is 10.1. The third-order valence-corrected chi connectivity index (χ3v) is 4.13. The molecule has 124 valence electrons. The van der Waals surface area contributed by atoms with Crippen molar-refractivity contribution in [3.63, 3.8) is 0 Å². The minimum atomic E-state index is -1.17. The molecular weight excluding hydrogens is 314 g/mol. The summed E-state index contributed by atoms with van der Waals surface area (Å²) in [6, 6.07) is 9.86. The van der Waals surface area contributed by atoms with Crippen LogP contribution in [0.5, 0.6) is 5.75 Å². The van der Waals surface area contributed by atoms with Crippen LogP contribution in [0.3, 0.4) is 0 Å². The van der Waals surface area contributed by atoms with Crippen LogP contribution in [0.1, 0.15) is 36.1 Å². The van der Waals surface area contributed by atoms with Crippen molar-refractivity contribution in [3.05, 3.63) is 70.8 Å². The quantitative estimate of drug-likeness (QED) is 0.839. The average Bonchev–Trinajstić information content (AvgIpc) is 2.93. The Morgan fingerprint density at radius 1 is 1.25 bits per heavy atom. The highest BCUT2D eigenvalue weighted by atomic mass is 19.1. The molecule has 1 aliphatic rings. The van der Waals surface area contributed by atoms with Crippen LogP contribution in [0.2, 0.25) is 0 Å². The molecule has 0 fully saturated rings. The summed E-state index contributed by atoms with van der Waals surface area (Å²) in [7, 11) is 0. The number of aliphatic carboxylic acids is 1. The van der Waals surface area contributed by atoms with Crippen molar-refractivity contribution in [2.45, 2.75) is 25.9 Å².